The molecule has 0 radical (unpaired) electrons. The fraction of sp³-hybridized carbons (Fsp3) is 0.533. The van der Waals surface area contributed by atoms with Crippen LogP contribution in [0.2, 0.25) is 0 Å². The normalized spacial score (nSPS) is 19.9. The number of ether oxygens (including phenoxy) is 1. The van der Waals surface area contributed by atoms with Crippen molar-refractivity contribution in [3.05, 3.63) is 29.8 Å². The summed E-state index contributed by atoms with van der Waals surface area (Å²) in [5, 5.41) is 0. The van der Waals surface area contributed by atoms with E-state index >= 15 is 0 Å². The Hall–Kier alpha value is -1.21. The summed E-state index contributed by atoms with van der Waals surface area (Å²) in [5.74, 6) is -0.290. The van der Waals surface area contributed by atoms with Crippen molar-refractivity contribution in [1.82, 2.24) is 4.31 Å². The Morgan fingerprint density at radius 3 is 2.86 bits per heavy atom. The molecule has 0 spiro atoms. The summed E-state index contributed by atoms with van der Waals surface area (Å²) in [7, 11) is 1.34. The van der Waals surface area contributed by atoms with Crippen molar-refractivity contribution in [2.24, 2.45) is 0 Å². The van der Waals surface area contributed by atoms with E-state index in [1.54, 1.807) is 6.07 Å². The van der Waals surface area contributed by atoms with Crippen LogP contribution in [-0.4, -0.2) is 30.0 Å². The topological polar surface area (TPSA) is 29.5 Å². The van der Waals surface area contributed by atoms with E-state index in [1.807, 2.05) is 4.31 Å². The molecule has 1 aliphatic rings. The van der Waals surface area contributed by atoms with Crippen molar-refractivity contribution in [1.29, 1.82) is 0 Å². The van der Waals surface area contributed by atoms with Crippen molar-refractivity contribution < 1.29 is 22.7 Å². The third kappa shape index (κ3) is 4.64. The molecule has 22 heavy (non-hydrogen) atoms. The van der Waals surface area contributed by atoms with Crippen molar-refractivity contribution >= 4 is 17.9 Å². The first-order valence-electron chi connectivity index (χ1n) is 7.09. The van der Waals surface area contributed by atoms with Gasteiger partial charge in [-0.3, -0.25) is 4.79 Å². The molecule has 1 aliphatic heterocycles. The van der Waals surface area contributed by atoms with Gasteiger partial charge in [0.25, 0.3) is 0 Å². The van der Waals surface area contributed by atoms with E-state index < -0.39 is 11.7 Å². The standard InChI is InChI=1S/C15H18F3NO2S/c1-21-14(20)10-12-6-2-3-8-19(12)22-13-7-4-5-11(9-13)15(16,17)18/h4-5,7,9,12H,2-3,6,8,10H2,1H3. The Morgan fingerprint density at radius 2 is 2.18 bits per heavy atom. The molecule has 1 heterocycles. The summed E-state index contributed by atoms with van der Waals surface area (Å²) in [6.45, 7) is 0.753. The first kappa shape index (κ1) is 17.1. The van der Waals surface area contributed by atoms with Crippen molar-refractivity contribution in [2.45, 2.75) is 42.8 Å². The Balaban J connectivity index is 2.08. The second kappa shape index (κ2) is 7.37. The predicted octanol–water partition coefficient (Wildman–Crippen LogP) is 4.13. The molecule has 1 aromatic carbocycles. The highest BCUT2D eigenvalue weighted by Crippen LogP contribution is 2.35. The largest absolute Gasteiger partial charge is 0.469 e. The average molecular weight is 333 g/mol. The number of methoxy groups -OCH3 is 1. The van der Waals surface area contributed by atoms with Crippen LogP contribution in [-0.2, 0) is 15.7 Å². The molecule has 2 rings (SSSR count). The Labute approximate surface area is 132 Å². The molecule has 1 fully saturated rings. The zero-order valence-corrected chi connectivity index (χ0v) is 13.0. The van der Waals surface area contributed by atoms with Crippen LogP contribution >= 0.6 is 11.9 Å². The molecule has 0 bridgehead atoms. The first-order chi connectivity index (χ1) is 10.4. The van der Waals surface area contributed by atoms with Crippen molar-refractivity contribution in [3.8, 4) is 0 Å². The lowest BCUT2D eigenvalue weighted by atomic mass is 10.0. The average Bonchev–Trinajstić information content (AvgIpc) is 2.48. The molecule has 0 N–H and O–H groups in total. The molecular formula is C15H18F3NO2S. The third-order valence-electron chi connectivity index (χ3n) is 3.59. The maximum absolute atomic E-state index is 12.8. The molecule has 0 amide bonds. The van der Waals surface area contributed by atoms with Gasteiger partial charge < -0.3 is 4.74 Å². The van der Waals surface area contributed by atoms with E-state index in [-0.39, 0.29) is 18.4 Å². The van der Waals surface area contributed by atoms with Crippen molar-refractivity contribution in [2.75, 3.05) is 13.7 Å². The van der Waals surface area contributed by atoms with Crippen LogP contribution in [0.4, 0.5) is 13.2 Å². The smallest absolute Gasteiger partial charge is 0.416 e. The van der Waals surface area contributed by atoms with Crippen LogP contribution in [0.1, 0.15) is 31.2 Å². The van der Waals surface area contributed by atoms with Gasteiger partial charge in [-0.1, -0.05) is 12.5 Å². The van der Waals surface area contributed by atoms with Crippen LogP contribution < -0.4 is 0 Å². The van der Waals surface area contributed by atoms with Gasteiger partial charge >= 0.3 is 12.1 Å². The minimum absolute atomic E-state index is 0.000688. The lowest BCUT2D eigenvalue weighted by molar-refractivity contribution is -0.141. The number of alkyl halides is 3. The third-order valence-corrected chi connectivity index (χ3v) is 4.77. The van der Waals surface area contributed by atoms with Gasteiger partial charge in [0.05, 0.1) is 19.1 Å². The monoisotopic (exact) mass is 333 g/mol. The highest BCUT2D eigenvalue weighted by Gasteiger charge is 2.31. The maximum Gasteiger partial charge on any atom is 0.416 e. The van der Waals surface area contributed by atoms with Gasteiger partial charge in [-0.2, -0.15) is 13.2 Å². The number of piperidine rings is 1. The van der Waals surface area contributed by atoms with Gasteiger partial charge in [0.15, 0.2) is 0 Å². The Bertz CT molecular complexity index is 522. The zero-order chi connectivity index (χ0) is 16.2. The summed E-state index contributed by atoms with van der Waals surface area (Å²) in [6, 6.07) is 5.27. The number of rotatable bonds is 4. The van der Waals surface area contributed by atoms with Crippen LogP contribution in [0, 0.1) is 0 Å². The molecule has 1 aromatic rings. The maximum atomic E-state index is 12.8. The molecule has 0 saturated carbocycles. The highest BCUT2D eigenvalue weighted by atomic mass is 32.2. The van der Waals surface area contributed by atoms with Gasteiger partial charge in [0.2, 0.25) is 0 Å². The summed E-state index contributed by atoms with van der Waals surface area (Å²) in [5.41, 5.74) is -0.654. The highest BCUT2D eigenvalue weighted by molar-refractivity contribution is 7.97. The van der Waals surface area contributed by atoms with Gasteiger partial charge in [-0.05, 0) is 43.0 Å². The number of hydrogen-bond acceptors (Lipinski definition) is 4. The minimum atomic E-state index is -4.34. The van der Waals surface area contributed by atoms with Crippen LogP contribution in [0.5, 0.6) is 0 Å². The first-order valence-corrected chi connectivity index (χ1v) is 7.86. The van der Waals surface area contributed by atoms with Crippen molar-refractivity contribution in [3.63, 3.8) is 0 Å². The molecule has 1 saturated heterocycles. The molecule has 0 aromatic heterocycles. The lowest BCUT2D eigenvalue weighted by Gasteiger charge is -2.33. The molecule has 0 aliphatic carbocycles. The molecular weight excluding hydrogens is 315 g/mol. The number of halogens is 3. The Kier molecular flexibility index (Phi) is 5.74. The SMILES string of the molecule is COC(=O)CC1CCCCN1Sc1cccc(C(F)(F)F)c1. The fourth-order valence-corrected chi connectivity index (χ4v) is 3.58. The van der Waals surface area contributed by atoms with E-state index in [0.717, 1.165) is 37.9 Å². The second-order valence-electron chi connectivity index (χ2n) is 5.19. The summed E-state index contributed by atoms with van der Waals surface area (Å²) in [4.78, 5) is 12.0. The van der Waals surface area contributed by atoms with E-state index in [0.29, 0.717) is 4.90 Å². The number of carbonyl (C=O) groups is 1. The molecule has 3 nitrogen and oxygen atoms in total. The molecule has 1 unspecified atom stereocenters. The van der Waals surface area contributed by atoms with E-state index in [4.69, 9.17) is 4.74 Å². The minimum Gasteiger partial charge on any atom is -0.469 e. The van der Waals surface area contributed by atoms with E-state index in [9.17, 15) is 18.0 Å². The molecule has 122 valence electrons. The van der Waals surface area contributed by atoms with Crippen LogP contribution in [0.25, 0.3) is 0 Å². The Morgan fingerprint density at radius 1 is 1.41 bits per heavy atom. The van der Waals surface area contributed by atoms with Gasteiger partial charge in [0, 0.05) is 17.5 Å². The second-order valence-corrected chi connectivity index (χ2v) is 6.31. The summed E-state index contributed by atoms with van der Waals surface area (Å²) < 4.78 is 45.0. The van der Waals surface area contributed by atoms with Gasteiger partial charge in [0.1, 0.15) is 0 Å². The summed E-state index contributed by atoms with van der Waals surface area (Å²) >= 11 is 1.28. The number of hydrogen-bond donors (Lipinski definition) is 0. The van der Waals surface area contributed by atoms with Crippen LogP contribution in [0.15, 0.2) is 29.2 Å². The number of carbonyl (C=O) groups excluding carboxylic acids is 1. The number of nitrogens with zero attached hydrogens (tertiary/aromatic N) is 1. The van der Waals surface area contributed by atoms with Gasteiger partial charge in [-0.15, -0.1) is 0 Å². The molecule has 1 atom stereocenters. The van der Waals surface area contributed by atoms with E-state index in [1.165, 1.54) is 25.1 Å². The van der Waals surface area contributed by atoms with Crippen LogP contribution in [0.3, 0.4) is 0 Å². The predicted molar refractivity (Wildman–Crippen MR) is 78.3 cm³/mol. The lowest BCUT2D eigenvalue weighted by Crippen LogP contribution is -2.36. The summed E-state index contributed by atoms with van der Waals surface area (Å²) in [6.07, 6.45) is -1.24. The molecule has 7 heteroatoms. The quantitative estimate of drug-likeness (QED) is 0.612. The fourth-order valence-electron chi connectivity index (χ4n) is 2.44. The number of benzene rings is 1. The van der Waals surface area contributed by atoms with Gasteiger partial charge in [-0.25, -0.2) is 4.31 Å². The zero-order valence-electron chi connectivity index (χ0n) is 12.2. The number of esters is 1. The van der Waals surface area contributed by atoms with E-state index in [2.05, 4.69) is 0 Å².